The first-order chi connectivity index (χ1) is 13.4. The molecule has 1 aliphatic carbocycles. The Labute approximate surface area is 169 Å². The fraction of sp³-hybridized carbons (Fsp3) is 0.636. The highest BCUT2D eigenvalue weighted by Gasteiger charge is 2.42. The molecule has 1 aliphatic heterocycles. The summed E-state index contributed by atoms with van der Waals surface area (Å²) in [5.74, 6) is -0.831. The summed E-state index contributed by atoms with van der Waals surface area (Å²) in [6.45, 7) is 6.73. The maximum atomic E-state index is 13.9. The topological polar surface area (TPSA) is 46.6 Å². The van der Waals surface area contributed by atoms with E-state index in [1.165, 1.54) is 19.9 Å². The minimum absolute atomic E-state index is 0.0206. The Morgan fingerprint density at radius 2 is 1.79 bits per heavy atom. The third-order valence-electron chi connectivity index (χ3n) is 5.88. The molecule has 0 saturated heterocycles. The van der Waals surface area contributed by atoms with Gasteiger partial charge in [0.05, 0.1) is 11.1 Å². The second kappa shape index (κ2) is 7.65. The number of Topliss-reactive ketones (excluding diaryl/α,β-unsaturated/α-hetero) is 1. The Bertz CT molecular complexity index is 808. The first-order valence-corrected chi connectivity index (χ1v) is 10.2. The number of benzene rings is 1. The van der Waals surface area contributed by atoms with Gasteiger partial charge in [0.15, 0.2) is 11.4 Å². The molecule has 4 nitrogen and oxygen atoms in total. The van der Waals surface area contributed by atoms with Gasteiger partial charge >= 0.3 is 6.18 Å². The summed E-state index contributed by atoms with van der Waals surface area (Å²) in [5, 5.41) is 0. The fourth-order valence-electron chi connectivity index (χ4n) is 4.31. The number of carbonyl (C=O) groups is 2. The van der Waals surface area contributed by atoms with Crippen molar-refractivity contribution in [1.29, 1.82) is 0 Å². The van der Waals surface area contributed by atoms with Crippen LogP contribution in [0.3, 0.4) is 0 Å². The van der Waals surface area contributed by atoms with Crippen LogP contribution in [-0.4, -0.2) is 34.3 Å². The van der Waals surface area contributed by atoms with E-state index in [0.29, 0.717) is 5.56 Å². The van der Waals surface area contributed by atoms with Crippen molar-refractivity contribution >= 4 is 11.7 Å². The van der Waals surface area contributed by atoms with Gasteiger partial charge in [0.1, 0.15) is 5.75 Å². The molecule has 1 saturated carbocycles. The predicted molar refractivity (Wildman–Crippen MR) is 103 cm³/mol. The fourth-order valence-corrected chi connectivity index (χ4v) is 4.31. The number of ketones is 1. The summed E-state index contributed by atoms with van der Waals surface area (Å²) in [7, 11) is 0. The molecule has 1 amide bonds. The zero-order chi connectivity index (χ0) is 21.6. The van der Waals surface area contributed by atoms with Crippen LogP contribution < -0.4 is 4.74 Å². The van der Waals surface area contributed by atoms with Crippen LogP contribution >= 0.6 is 0 Å². The van der Waals surface area contributed by atoms with Crippen molar-refractivity contribution in [3.63, 3.8) is 0 Å². The van der Waals surface area contributed by atoms with Gasteiger partial charge in [-0.25, -0.2) is 0 Å². The quantitative estimate of drug-likeness (QED) is 0.689. The molecule has 160 valence electrons. The second-order valence-electron chi connectivity index (χ2n) is 8.81. The molecule has 0 unspecified atom stereocenters. The molecular formula is C22H28F3NO3. The van der Waals surface area contributed by atoms with Gasteiger partial charge in [-0.15, -0.1) is 0 Å². The maximum Gasteiger partial charge on any atom is 0.417 e. The van der Waals surface area contributed by atoms with Gasteiger partial charge in [-0.05, 0) is 52.7 Å². The van der Waals surface area contributed by atoms with Crippen molar-refractivity contribution in [2.45, 2.75) is 90.1 Å². The number of nitrogens with zero attached hydrogens (tertiary/aromatic N) is 1. The molecule has 2 aliphatic rings. The highest BCUT2D eigenvalue weighted by Crippen LogP contribution is 2.40. The monoisotopic (exact) mass is 411 g/mol. The summed E-state index contributed by atoms with van der Waals surface area (Å²) >= 11 is 0. The number of rotatable bonds is 3. The summed E-state index contributed by atoms with van der Waals surface area (Å²) in [6, 6.07) is 1.81. The molecule has 0 atom stereocenters. The summed E-state index contributed by atoms with van der Waals surface area (Å²) in [4.78, 5) is 27.2. The number of halogens is 3. The van der Waals surface area contributed by atoms with Crippen LogP contribution in [0.5, 0.6) is 5.75 Å². The molecule has 0 bridgehead atoms. The van der Waals surface area contributed by atoms with E-state index in [4.69, 9.17) is 4.74 Å². The van der Waals surface area contributed by atoms with Crippen LogP contribution in [0, 0.1) is 0 Å². The lowest BCUT2D eigenvalue weighted by Crippen LogP contribution is -2.46. The molecule has 0 N–H and O–H groups in total. The van der Waals surface area contributed by atoms with Gasteiger partial charge in [0, 0.05) is 24.1 Å². The minimum Gasteiger partial charge on any atom is -0.480 e. The number of ether oxygens (including phenoxy) is 1. The van der Waals surface area contributed by atoms with Crippen LogP contribution in [0.1, 0.15) is 81.3 Å². The van der Waals surface area contributed by atoms with Crippen LogP contribution in [0.25, 0.3) is 0 Å². The zero-order valence-electron chi connectivity index (χ0n) is 17.4. The Morgan fingerprint density at radius 1 is 1.17 bits per heavy atom. The van der Waals surface area contributed by atoms with Crippen LogP contribution in [-0.2, 0) is 17.4 Å². The first kappa shape index (κ1) is 21.7. The Hall–Kier alpha value is -2.05. The molecule has 0 spiro atoms. The first-order valence-electron chi connectivity index (χ1n) is 10.2. The van der Waals surface area contributed by atoms with E-state index in [1.54, 1.807) is 4.90 Å². The molecule has 0 aromatic heterocycles. The molecular weight excluding hydrogens is 383 g/mol. The van der Waals surface area contributed by atoms with E-state index in [-0.39, 0.29) is 30.0 Å². The van der Waals surface area contributed by atoms with Gasteiger partial charge in [-0.2, -0.15) is 13.2 Å². The van der Waals surface area contributed by atoms with Crippen molar-refractivity contribution in [2.75, 3.05) is 0 Å². The summed E-state index contributed by atoms with van der Waals surface area (Å²) in [5.41, 5.74) is -2.26. The molecule has 0 radical (unpaired) electrons. The van der Waals surface area contributed by atoms with Crippen molar-refractivity contribution < 1.29 is 27.5 Å². The van der Waals surface area contributed by atoms with E-state index in [1.807, 2.05) is 13.8 Å². The Kier molecular flexibility index (Phi) is 5.71. The summed E-state index contributed by atoms with van der Waals surface area (Å²) < 4.78 is 47.1. The largest absolute Gasteiger partial charge is 0.480 e. The Morgan fingerprint density at radius 3 is 2.34 bits per heavy atom. The maximum absolute atomic E-state index is 13.9. The smallest absolute Gasteiger partial charge is 0.417 e. The Balaban J connectivity index is 2.08. The number of amides is 1. The summed E-state index contributed by atoms with van der Waals surface area (Å²) in [6.07, 6.45) is -0.142. The molecule has 1 heterocycles. The lowest BCUT2D eigenvalue weighted by molar-refractivity contribution is -0.138. The van der Waals surface area contributed by atoms with Gasteiger partial charge in [-0.3, -0.25) is 9.59 Å². The molecule has 1 fully saturated rings. The minimum atomic E-state index is -4.70. The third-order valence-corrected chi connectivity index (χ3v) is 5.88. The van der Waals surface area contributed by atoms with Crippen molar-refractivity contribution in [1.82, 2.24) is 4.90 Å². The van der Waals surface area contributed by atoms with Gasteiger partial charge in [-0.1, -0.05) is 19.3 Å². The number of hydrogen-bond donors (Lipinski definition) is 0. The molecule has 1 aromatic rings. The highest BCUT2D eigenvalue weighted by molar-refractivity contribution is 5.98. The molecule has 3 rings (SSSR count). The standard InChI is InChI=1S/C22H28F3NO3/c1-13(2)26(15-8-6-5-7-9-15)20(28)16-10-14-11-19(27)21(3,4)29-18(14)12-17(16)22(23,24)25/h10,12-13,15H,5-9,11H2,1-4H3. The van der Waals surface area contributed by atoms with Gasteiger partial charge < -0.3 is 9.64 Å². The van der Waals surface area contributed by atoms with Crippen molar-refractivity contribution in [3.8, 4) is 5.75 Å². The zero-order valence-corrected chi connectivity index (χ0v) is 17.4. The van der Waals surface area contributed by atoms with E-state index in [9.17, 15) is 22.8 Å². The van der Waals surface area contributed by atoms with Gasteiger partial charge in [0.2, 0.25) is 0 Å². The second-order valence-corrected chi connectivity index (χ2v) is 8.81. The normalized spacial score (nSPS) is 19.7. The van der Waals surface area contributed by atoms with Crippen LogP contribution in [0.15, 0.2) is 12.1 Å². The molecule has 29 heavy (non-hydrogen) atoms. The highest BCUT2D eigenvalue weighted by atomic mass is 19.4. The number of alkyl halides is 3. The number of hydrogen-bond acceptors (Lipinski definition) is 3. The lowest BCUT2D eigenvalue weighted by atomic mass is 9.89. The molecule has 7 heteroatoms. The SMILES string of the molecule is CC(C)N(C(=O)c1cc2c(cc1C(F)(F)F)OC(C)(C)C(=O)C2)C1CCCCC1. The number of fused-ring (bicyclic) bond motifs is 1. The van der Waals surface area contributed by atoms with E-state index < -0.39 is 28.8 Å². The van der Waals surface area contributed by atoms with Gasteiger partial charge in [0.25, 0.3) is 5.91 Å². The van der Waals surface area contributed by atoms with Crippen LogP contribution in [0.2, 0.25) is 0 Å². The third kappa shape index (κ3) is 4.28. The lowest BCUT2D eigenvalue weighted by Gasteiger charge is -2.38. The molecule has 1 aromatic carbocycles. The van der Waals surface area contributed by atoms with E-state index in [0.717, 1.165) is 38.2 Å². The van der Waals surface area contributed by atoms with E-state index in [2.05, 4.69) is 0 Å². The predicted octanol–water partition coefficient (Wildman–Crippen LogP) is 5.17. The van der Waals surface area contributed by atoms with Crippen molar-refractivity contribution in [2.24, 2.45) is 0 Å². The van der Waals surface area contributed by atoms with E-state index >= 15 is 0 Å². The van der Waals surface area contributed by atoms with Crippen molar-refractivity contribution in [3.05, 3.63) is 28.8 Å². The average Bonchev–Trinajstić information content (AvgIpc) is 2.61. The van der Waals surface area contributed by atoms with Crippen LogP contribution in [0.4, 0.5) is 13.2 Å². The number of carbonyl (C=O) groups excluding carboxylic acids is 2. The average molecular weight is 411 g/mol.